The van der Waals surface area contributed by atoms with Crippen LogP contribution in [0.15, 0.2) is 73.0 Å². The minimum Gasteiger partial charge on any atom is -0.481 e. The quantitative estimate of drug-likeness (QED) is 0.570. The first-order valence-corrected chi connectivity index (χ1v) is 10.6. The van der Waals surface area contributed by atoms with Gasteiger partial charge in [-0.1, -0.05) is 48.6 Å². The lowest BCUT2D eigenvalue weighted by Gasteiger charge is -2.41. The highest BCUT2D eigenvalue weighted by Gasteiger charge is 2.47. The summed E-state index contributed by atoms with van der Waals surface area (Å²) in [5, 5.41) is 20.7. The van der Waals surface area contributed by atoms with Gasteiger partial charge in [0.2, 0.25) is 5.91 Å². The van der Waals surface area contributed by atoms with Crippen LogP contribution in [0.5, 0.6) is 0 Å². The summed E-state index contributed by atoms with van der Waals surface area (Å²) in [5.41, 5.74) is 2.87. The maximum atomic E-state index is 13.9. The number of carbonyl (C=O) groups excluding carboxylic acids is 1. The molecule has 8 heteroatoms. The number of H-pyrrole nitrogens is 1. The second-order valence-corrected chi connectivity index (χ2v) is 8.18. The molecule has 2 aliphatic rings. The number of aromatic nitrogens is 2. The minimum absolute atomic E-state index is 0.105. The highest BCUT2D eigenvalue weighted by Crippen LogP contribution is 2.42. The average molecular weight is 443 g/mol. The van der Waals surface area contributed by atoms with E-state index in [-0.39, 0.29) is 6.42 Å². The molecule has 0 radical (unpaired) electrons. The van der Waals surface area contributed by atoms with Crippen LogP contribution >= 0.6 is 0 Å². The number of carbonyl (C=O) groups is 3. The number of nitrogens with one attached hydrogen (secondary N) is 1. The van der Waals surface area contributed by atoms with Crippen LogP contribution in [-0.2, 0) is 20.8 Å². The Morgan fingerprint density at radius 1 is 0.939 bits per heavy atom. The molecule has 0 saturated heterocycles. The van der Waals surface area contributed by atoms with Crippen LogP contribution in [0.2, 0.25) is 0 Å². The van der Waals surface area contributed by atoms with Crippen LogP contribution in [0.25, 0.3) is 10.9 Å². The fourth-order valence-corrected chi connectivity index (χ4v) is 4.85. The molecule has 3 N–H and O–H groups in total. The Kier molecular flexibility index (Phi) is 5.05. The lowest BCUT2D eigenvalue weighted by molar-refractivity contribution is -0.156. The number of allylic oxidation sites excluding steroid dienone is 2. The van der Waals surface area contributed by atoms with Gasteiger partial charge in [0.1, 0.15) is 12.1 Å². The van der Waals surface area contributed by atoms with Crippen molar-refractivity contribution in [1.29, 1.82) is 0 Å². The molecule has 166 valence electrons. The second-order valence-electron chi connectivity index (χ2n) is 8.18. The summed E-state index contributed by atoms with van der Waals surface area (Å²) < 4.78 is 0. The third-order valence-corrected chi connectivity index (χ3v) is 6.34. The monoisotopic (exact) mass is 443 g/mol. The summed E-state index contributed by atoms with van der Waals surface area (Å²) in [7, 11) is 0. The van der Waals surface area contributed by atoms with Crippen LogP contribution in [0.4, 0.5) is 0 Å². The van der Waals surface area contributed by atoms with E-state index in [1.807, 2.05) is 24.3 Å². The predicted octanol–water partition coefficient (Wildman–Crippen LogP) is 2.93. The van der Waals surface area contributed by atoms with Gasteiger partial charge in [0.25, 0.3) is 0 Å². The second kappa shape index (κ2) is 8.05. The summed E-state index contributed by atoms with van der Waals surface area (Å²) in [4.78, 5) is 47.3. The predicted molar refractivity (Wildman–Crippen MR) is 119 cm³/mol. The van der Waals surface area contributed by atoms with E-state index in [9.17, 15) is 24.6 Å². The van der Waals surface area contributed by atoms with Gasteiger partial charge in [0, 0.05) is 29.2 Å². The number of para-hydroxylation sites is 1. The first-order chi connectivity index (χ1) is 16.0. The Labute approximate surface area is 188 Å². The zero-order chi connectivity index (χ0) is 23.1. The van der Waals surface area contributed by atoms with Gasteiger partial charge in [-0.2, -0.15) is 0 Å². The van der Waals surface area contributed by atoms with E-state index >= 15 is 0 Å². The molecule has 3 heterocycles. The Morgan fingerprint density at radius 3 is 2.36 bits per heavy atom. The third kappa shape index (κ3) is 3.40. The highest BCUT2D eigenvalue weighted by molar-refractivity contribution is 5.93. The number of fused-ring (bicyclic) bond motifs is 3. The van der Waals surface area contributed by atoms with Crippen molar-refractivity contribution in [2.24, 2.45) is 11.8 Å². The molecular weight excluding hydrogens is 422 g/mol. The maximum absolute atomic E-state index is 13.9. The number of carboxylic acids is 2. The number of pyridine rings is 1. The molecule has 33 heavy (non-hydrogen) atoms. The molecule has 1 aromatic carbocycles. The van der Waals surface area contributed by atoms with Crippen LogP contribution in [0.3, 0.4) is 0 Å². The van der Waals surface area contributed by atoms with Crippen molar-refractivity contribution in [2.45, 2.75) is 18.5 Å². The number of rotatable bonds is 4. The lowest BCUT2D eigenvalue weighted by Crippen LogP contribution is -2.54. The number of hydrogen-bond acceptors (Lipinski definition) is 4. The maximum Gasteiger partial charge on any atom is 0.326 e. The molecule has 8 nitrogen and oxygen atoms in total. The van der Waals surface area contributed by atoms with Crippen molar-refractivity contribution < 1.29 is 24.6 Å². The Balaban J connectivity index is 1.71. The van der Waals surface area contributed by atoms with Crippen LogP contribution in [-0.4, -0.2) is 49.0 Å². The van der Waals surface area contributed by atoms with Gasteiger partial charge in [0.05, 0.1) is 17.5 Å². The number of aliphatic carboxylic acids is 2. The zero-order valence-electron chi connectivity index (χ0n) is 17.5. The van der Waals surface area contributed by atoms with E-state index in [1.54, 1.807) is 36.5 Å². The van der Waals surface area contributed by atoms with Crippen molar-refractivity contribution in [3.8, 4) is 0 Å². The van der Waals surface area contributed by atoms with E-state index in [2.05, 4.69) is 9.97 Å². The fraction of sp³-hybridized carbons (Fsp3) is 0.200. The fourth-order valence-electron chi connectivity index (χ4n) is 4.85. The first kappa shape index (κ1) is 20.7. The smallest absolute Gasteiger partial charge is 0.326 e. The number of carboxylic acid groups (broad SMARTS) is 2. The summed E-state index contributed by atoms with van der Waals surface area (Å²) in [5.74, 6) is -4.95. The molecule has 5 rings (SSSR count). The van der Waals surface area contributed by atoms with Gasteiger partial charge in [-0.3, -0.25) is 14.6 Å². The van der Waals surface area contributed by atoms with E-state index in [0.717, 1.165) is 16.5 Å². The molecule has 4 atom stereocenters. The topological polar surface area (TPSA) is 124 Å². The van der Waals surface area contributed by atoms with E-state index in [4.69, 9.17) is 0 Å². The largest absolute Gasteiger partial charge is 0.481 e. The van der Waals surface area contributed by atoms with Crippen LogP contribution < -0.4 is 0 Å². The Bertz CT molecular complexity index is 1310. The van der Waals surface area contributed by atoms with E-state index in [0.29, 0.717) is 11.4 Å². The van der Waals surface area contributed by atoms with Gasteiger partial charge in [0.15, 0.2) is 0 Å². The Hall–Kier alpha value is -4.20. The van der Waals surface area contributed by atoms with Crippen molar-refractivity contribution in [3.05, 3.63) is 89.9 Å². The molecule has 1 aliphatic heterocycles. The molecule has 1 aliphatic carbocycles. The third-order valence-electron chi connectivity index (χ3n) is 6.34. The number of amides is 1. The lowest BCUT2D eigenvalue weighted by atomic mass is 9.83. The molecule has 0 saturated carbocycles. The van der Waals surface area contributed by atoms with Crippen LogP contribution in [0.1, 0.15) is 23.0 Å². The molecule has 0 bridgehead atoms. The van der Waals surface area contributed by atoms with Crippen molar-refractivity contribution in [2.75, 3.05) is 0 Å². The van der Waals surface area contributed by atoms with Crippen molar-refractivity contribution >= 4 is 28.7 Å². The normalized spacial score (nSPS) is 23.9. The summed E-state index contributed by atoms with van der Waals surface area (Å²) in [6.45, 7) is 0. The number of benzene rings is 1. The van der Waals surface area contributed by atoms with Gasteiger partial charge in [-0.15, -0.1) is 0 Å². The number of hydrogen-bond donors (Lipinski definition) is 3. The van der Waals surface area contributed by atoms with Gasteiger partial charge >= 0.3 is 11.9 Å². The molecule has 4 unspecified atom stereocenters. The number of aromatic amines is 1. The Morgan fingerprint density at radius 2 is 1.67 bits per heavy atom. The standard InChI is InChI=1S/C25H21N3O5/c29-23(15-8-1-2-9-16(15)24(30)31)28-20(25(32)33)13-17-14-7-3-4-10-18(14)27-21(17)22(28)19-11-5-6-12-26-19/h1-12,15-16,20,22,27H,13H2,(H,30,31)(H,32,33). The first-order valence-electron chi connectivity index (χ1n) is 10.6. The van der Waals surface area contributed by atoms with E-state index in [1.165, 1.54) is 17.1 Å². The summed E-state index contributed by atoms with van der Waals surface area (Å²) in [6, 6.07) is 10.9. The minimum atomic E-state index is -1.18. The summed E-state index contributed by atoms with van der Waals surface area (Å²) >= 11 is 0. The van der Waals surface area contributed by atoms with Crippen LogP contribution in [0, 0.1) is 11.8 Å². The molecule has 0 fully saturated rings. The zero-order valence-corrected chi connectivity index (χ0v) is 17.5. The van der Waals surface area contributed by atoms with E-state index < -0.39 is 41.8 Å². The van der Waals surface area contributed by atoms with Gasteiger partial charge in [-0.25, -0.2) is 4.79 Å². The molecule has 3 aromatic rings. The van der Waals surface area contributed by atoms with Crippen molar-refractivity contribution in [1.82, 2.24) is 14.9 Å². The summed E-state index contributed by atoms with van der Waals surface area (Å²) in [6.07, 6.45) is 7.87. The van der Waals surface area contributed by atoms with Crippen molar-refractivity contribution in [3.63, 3.8) is 0 Å². The molecular formula is C25H21N3O5. The molecule has 2 aromatic heterocycles. The molecule has 1 amide bonds. The SMILES string of the molecule is O=C(O)C1C=CC=CC1C(=O)N1C(C(=O)O)Cc2c([nH]c3ccccc23)C1c1ccccn1. The molecule has 0 spiro atoms. The van der Waals surface area contributed by atoms with Gasteiger partial charge < -0.3 is 20.1 Å². The average Bonchev–Trinajstić information content (AvgIpc) is 3.21. The highest BCUT2D eigenvalue weighted by atomic mass is 16.4. The van der Waals surface area contributed by atoms with Gasteiger partial charge in [-0.05, 0) is 23.8 Å². The number of nitrogens with zero attached hydrogens (tertiary/aromatic N) is 2.